The third-order valence-corrected chi connectivity index (χ3v) is 5.03. The molecule has 0 saturated carbocycles. The second kappa shape index (κ2) is 7.72. The summed E-state index contributed by atoms with van der Waals surface area (Å²) in [6.07, 6.45) is 0.234. The number of primary amides is 1. The lowest BCUT2D eigenvalue weighted by atomic mass is 9.92. The predicted molar refractivity (Wildman–Crippen MR) is 112 cm³/mol. The molecular weight excluding hydrogens is 367 g/mol. The SMILES string of the molecule is NC(=O)[C@H](Cc1c2ccccc2cc2ccccc12)NC(=O)c1cccc(F)c1. The van der Waals surface area contributed by atoms with Crippen LogP contribution in [0.5, 0.6) is 0 Å². The molecule has 1 atom stereocenters. The van der Waals surface area contributed by atoms with Crippen molar-refractivity contribution >= 4 is 33.4 Å². The Morgan fingerprint density at radius 1 is 0.862 bits per heavy atom. The molecule has 0 aliphatic heterocycles. The van der Waals surface area contributed by atoms with Crippen molar-refractivity contribution in [1.82, 2.24) is 5.32 Å². The number of hydrogen-bond donors (Lipinski definition) is 2. The van der Waals surface area contributed by atoms with Crippen molar-refractivity contribution in [1.29, 1.82) is 0 Å². The van der Waals surface area contributed by atoms with Gasteiger partial charge in [0.25, 0.3) is 5.91 Å². The highest BCUT2D eigenvalue weighted by Crippen LogP contribution is 2.29. The zero-order valence-corrected chi connectivity index (χ0v) is 15.6. The lowest BCUT2D eigenvalue weighted by Gasteiger charge is -2.19. The van der Waals surface area contributed by atoms with Crippen molar-refractivity contribution < 1.29 is 14.0 Å². The molecule has 0 fully saturated rings. The van der Waals surface area contributed by atoms with E-state index in [1.165, 1.54) is 18.2 Å². The first-order valence-corrected chi connectivity index (χ1v) is 9.28. The highest BCUT2D eigenvalue weighted by Gasteiger charge is 2.22. The van der Waals surface area contributed by atoms with E-state index in [0.717, 1.165) is 33.2 Å². The van der Waals surface area contributed by atoms with Gasteiger partial charge in [-0.2, -0.15) is 0 Å². The van der Waals surface area contributed by atoms with Crippen LogP contribution >= 0.6 is 0 Å². The molecule has 4 rings (SSSR count). The molecule has 0 radical (unpaired) electrons. The summed E-state index contributed by atoms with van der Waals surface area (Å²) in [5.41, 5.74) is 6.67. The van der Waals surface area contributed by atoms with Gasteiger partial charge in [0, 0.05) is 12.0 Å². The van der Waals surface area contributed by atoms with Gasteiger partial charge in [-0.3, -0.25) is 9.59 Å². The van der Waals surface area contributed by atoms with Gasteiger partial charge >= 0.3 is 0 Å². The van der Waals surface area contributed by atoms with Gasteiger partial charge in [-0.25, -0.2) is 4.39 Å². The summed E-state index contributed by atoms with van der Waals surface area (Å²) in [7, 11) is 0. The molecule has 4 aromatic carbocycles. The van der Waals surface area contributed by atoms with Gasteiger partial charge in [-0.05, 0) is 51.4 Å². The molecule has 0 spiro atoms. The molecule has 0 unspecified atom stereocenters. The molecular formula is C24H19FN2O2. The standard InChI is InChI=1S/C24H19FN2O2/c25-18-9-5-8-17(13-18)24(29)27-22(23(26)28)14-21-19-10-3-1-6-15(19)12-16-7-2-4-11-20(16)21/h1-13,22H,14H2,(H2,26,28)(H,27,29)/t22-/m0/s1. The van der Waals surface area contributed by atoms with Gasteiger partial charge in [0.05, 0.1) is 0 Å². The van der Waals surface area contributed by atoms with Gasteiger partial charge in [0.15, 0.2) is 0 Å². The Balaban J connectivity index is 1.74. The Labute approximate surface area is 167 Å². The fraction of sp³-hybridized carbons (Fsp3) is 0.0833. The van der Waals surface area contributed by atoms with E-state index in [9.17, 15) is 14.0 Å². The monoisotopic (exact) mass is 386 g/mol. The molecule has 0 bridgehead atoms. The quantitative estimate of drug-likeness (QED) is 0.510. The molecule has 0 aliphatic carbocycles. The van der Waals surface area contributed by atoms with Crippen LogP contribution in [-0.2, 0) is 11.2 Å². The Kier molecular flexibility index (Phi) is 4.96. The Bertz CT molecular complexity index is 1180. The van der Waals surface area contributed by atoms with E-state index >= 15 is 0 Å². The maximum atomic E-state index is 13.4. The third kappa shape index (κ3) is 3.80. The molecule has 144 valence electrons. The number of nitrogens with one attached hydrogen (secondary N) is 1. The summed E-state index contributed by atoms with van der Waals surface area (Å²) < 4.78 is 13.4. The van der Waals surface area contributed by atoms with Crippen LogP contribution in [0.1, 0.15) is 15.9 Å². The summed E-state index contributed by atoms with van der Waals surface area (Å²) in [6, 6.07) is 22.3. The van der Waals surface area contributed by atoms with Crippen molar-refractivity contribution in [2.45, 2.75) is 12.5 Å². The van der Waals surface area contributed by atoms with Gasteiger partial charge in [-0.15, -0.1) is 0 Å². The van der Waals surface area contributed by atoms with Crippen molar-refractivity contribution in [3.05, 3.63) is 95.8 Å². The van der Waals surface area contributed by atoms with Crippen LogP contribution < -0.4 is 11.1 Å². The zero-order valence-electron chi connectivity index (χ0n) is 15.6. The lowest BCUT2D eigenvalue weighted by Crippen LogP contribution is -2.45. The van der Waals surface area contributed by atoms with Crippen LogP contribution in [0.2, 0.25) is 0 Å². The summed E-state index contributed by atoms with van der Waals surface area (Å²) >= 11 is 0. The van der Waals surface area contributed by atoms with Crippen LogP contribution in [0.4, 0.5) is 4.39 Å². The summed E-state index contributed by atoms with van der Waals surface area (Å²) in [6.45, 7) is 0. The maximum absolute atomic E-state index is 13.4. The second-order valence-corrected chi connectivity index (χ2v) is 6.94. The smallest absolute Gasteiger partial charge is 0.252 e. The molecule has 29 heavy (non-hydrogen) atoms. The molecule has 0 aromatic heterocycles. The molecule has 0 heterocycles. The maximum Gasteiger partial charge on any atom is 0.252 e. The average Bonchev–Trinajstić information content (AvgIpc) is 2.72. The molecule has 4 nitrogen and oxygen atoms in total. The normalized spacial score (nSPS) is 12.0. The fourth-order valence-electron chi connectivity index (χ4n) is 3.63. The number of carbonyl (C=O) groups excluding carboxylic acids is 2. The van der Waals surface area contributed by atoms with E-state index in [1.54, 1.807) is 0 Å². The Hall–Kier alpha value is -3.73. The minimum Gasteiger partial charge on any atom is -0.368 e. The number of fused-ring (bicyclic) bond motifs is 2. The van der Waals surface area contributed by atoms with Crippen LogP contribution in [0.15, 0.2) is 78.9 Å². The molecule has 4 aromatic rings. The molecule has 5 heteroatoms. The first-order valence-electron chi connectivity index (χ1n) is 9.28. The summed E-state index contributed by atoms with van der Waals surface area (Å²) in [5, 5.41) is 6.74. The minimum absolute atomic E-state index is 0.138. The summed E-state index contributed by atoms with van der Waals surface area (Å²) in [4.78, 5) is 24.7. The number of amides is 2. The van der Waals surface area contributed by atoms with E-state index in [-0.39, 0.29) is 12.0 Å². The molecule has 0 aliphatic rings. The number of rotatable bonds is 5. The van der Waals surface area contributed by atoms with E-state index in [2.05, 4.69) is 11.4 Å². The second-order valence-electron chi connectivity index (χ2n) is 6.94. The fourth-order valence-corrected chi connectivity index (χ4v) is 3.63. The van der Waals surface area contributed by atoms with Crippen molar-refractivity contribution in [2.75, 3.05) is 0 Å². The van der Waals surface area contributed by atoms with Crippen molar-refractivity contribution in [3.63, 3.8) is 0 Å². The first-order chi connectivity index (χ1) is 14.0. The molecule has 0 saturated heterocycles. The van der Waals surface area contributed by atoms with Crippen LogP contribution in [0.3, 0.4) is 0 Å². The number of halogens is 1. The average molecular weight is 386 g/mol. The van der Waals surface area contributed by atoms with E-state index < -0.39 is 23.7 Å². The summed E-state index contributed by atoms with van der Waals surface area (Å²) in [5.74, 6) is -1.71. The first kappa shape index (κ1) is 18.6. The van der Waals surface area contributed by atoms with E-state index in [1.807, 2.05) is 48.5 Å². The van der Waals surface area contributed by atoms with E-state index in [0.29, 0.717) is 0 Å². The number of nitrogens with two attached hydrogens (primary N) is 1. The Morgan fingerprint density at radius 3 is 2.07 bits per heavy atom. The Morgan fingerprint density at radius 2 is 1.48 bits per heavy atom. The van der Waals surface area contributed by atoms with Crippen molar-refractivity contribution in [3.8, 4) is 0 Å². The third-order valence-electron chi connectivity index (χ3n) is 5.03. The topological polar surface area (TPSA) is 72.2 Å². The van der Waals surface area contributed by atoms with Crippen LogP contribution in [0, 0.1) is 5.82 Å². The van der Waals surface area contributed by atoms with Crippen LogP contribution in [0.25, 0.3) is 21.5 Å². The molecule has 3 N–H and O–H groups in total. The van der Waals surface area contributed by atoms with E-state index in [4.69, 9.17) is 5.73 Å². The lowest BCUT2D eigenvalue weighted by molar-refractivity contribution is -0.119. The largest absolute Gasteiger partial charge is 0.368 e. The minimum atomic E-state index is -0.931. The highest BCUT2D eigenvalue weighted by molar-refractivity contribution is 6.03. The highest BCUT2D eigenvalue weighted by atomic mass is 19.1. The van der Waals surface area contributed by atoms with Gasteiger partial charge in [0.1, 0.15) is 11.9 Å². The molecule has 2 amide bonds. The van der Waals surface area contributed by atoms with Crippen LogP contribution in [-0.4, -0.2) is 17.9 Å². The van der Waals surface area contributed by atoms with Gasteiger partial charge in [-0.1, -0.05) is 54.6 Å². The predicted octanol–water partition coefficient (Wildman–Crippen LogP) is 3.96. The van der Waals surface area contributed by atoms with Gasteiger partial charge < -0.3 is 11.1 Å². The zero-order chi connectivity index (χ0) is 20.4. The number of carbonyl (C=O) groups is 2. The number of benzene rings is 4. The van der Waals surface area contributed by atoms with Crippen molar-refractivity contribution in [2.24, 2.45) is 5.73 Å². The number of hydrogen-bond acceptors (Lipinski definition) is 2. The van der Waals surface area contributed by atoms with Gasteiger partial charge in [0.2, 0.25) is 5.91 Å².